The van der Waals surface area contributed by atoms with Gasteiger partial charge in [0.05, 0.1) is 5.69 Å². The van der Waals surface area contributed by atoms with Gasteiger partial charge >= 0.3 is 0 Å². The lowest BCUT2D eigenvalue weighted by Crippen LogP contribution is -2.12. The lowest BCUT2D eigenvalue weighted by Gasteiger charge is -2.20. The summed E-state index contributed by atoms with van der Waals surface area (Å²) in [5.41, 5.74) is 4.82. The predicted octanol–water partition coefficient (Wildman–Crippen LogP) is 5.95. The minimum absolute atomic E-state index is 0.561. The molecule has 0 amide bonds. The first-order chi connectivity index (χ1) is 10.2. The number of aryl methyl sites for hydroxylation is 1. The molecule has 1 aliphatic carbocycles. The number of aliphatic imine (C=N–C) groups is 1. The van der Waals surface area contributed by atoms with Gasteiger partial charge < -0.3 is 0 Å². The monoisotopic (exact) mass is 279 g/mol. The van der Waals surface area contributed by atoms with Gasteiger partial charge in [-0.15, -0.1) is 0 Å². The molecule has 0 aromatic heterocycles. The molecular weight excluding hydrogens is 254 g/mol. The van der Waals surface area contributed by atoms with E-state index in [1.807, 2.05) is 0 Å². The second kappa shape index (κ2) is 7.78. The van der Waals surface area contributed by atoms with E-state index in [1.54, 1.807) is 0 Å². The molecular formula is C20H25N. The molecule has 0 fully saturated rings. The predicted molar refractivity (Wildman–Crippen MR) is 93.3 cm³/mol. The Morgan fingerprint density at radius 2 is 2.10 bits per heavy atom. The van der Waals surface area contributed by atoms with Crippen LogP contribution >= 0.6 is 0 Å². The standard InChI is InChI=1S/C20H25N/c1-4-5-6-12-18-13-8-9-14-19(18)17(3)21-20-15-10-7-11-16(20)2/h5-11,14-15,18H,4,12-13H2,1-3H3/b6-5?,21-17+. The van der Waals surface area contributed by atoms with Gasteiger partial charge in [-0.3, -0.25) is 4.99 Å². The average Bonchev–Trinajstić information content (AvgIpc) is 2.50. The lowest BCUT2D eigenvalue weighted by atomic mass is 9.86. The number of para-hydroxylation sites is 1. The Hall–Kier alpha value is -1.89. The van der Waals surface area contributed by atoms with Crippen LogP contribution in [0.4, 0.5) is 5.69 Å². The van der Waals surface area contributed by atoms with Crippen molar-refractivity contribution in [2.45, 2.75) is 40.0 Å². The van der Waals surface area contributed by atoms with E-state index in [0.717, 1.165) is 30.7 Å². The summed E-state index contributed by atoms with van der Waals surface area (Å²) in [6.07, 6.45) is 14.5. The molecule has 0 bridgehead atoms. The van der Waals surface area contributed by atoms with Gasteiger partial charge in [-0.1, -0.05) is 55.5 Å². The number of nitrogens with zero attached hydrogens (tertiary/aromatic N) is 1. The average molecular weight is 279 g/mol. The molecule has 1 aromatic rings. The summed E-state index contributed by atoms with van der Waals surface area (Å²) in [6, 6.07) is 8.31. The van der Waals surface area contributed by atoms with Gasteiger partial charge in [-0.05, 0) is 56.2 Å². The van der Waals surface area contributed by atoms with Crippen LogP contribution in [0.25, 0.3) is 0 Å². The van der Waals surface area contributed by atoms with Gasteiger partial charge in [-0.25, -0.2) is 0 Å². The SMILES string of the molecule is CCC=CCC1CC=CC=C1/C(C)=N/c1ccccc1C. The van der Waals surface area contributed by atoms with E-state index in [9.17, 15) is 0 Å². The van der Waals surface area contributed by atoms with E-state index in [2.05, 4.69) is 75.4 Å². The van der Waals surface area contributed by atoms with Crippen molar-refractivity contribution in [2.24, 2.45) is 10.9 Å². The molecule has 1 unspecified atom stereocenters. The second-order valence-electron chi connectivity index (χ2n) is 5.58. The fourth-order valence-corrected chi connectivity index (χ4v) is 2.68. The van der Waals surface area contributed by atoms with Crippen LogP contribution in [0, 0.1) is 12.8 Å². The number of rotatable bonds is 5. The van der Waals surface area contributed by atoms with Crippen LogP contribution in [-0.4, -0.2) is 5.71 Å². The largest absolute Gasteiger partial charge is 0.253 e. The highest BCUT2D eigenvalue weighted by Gasteiger charge is 2.16. The van der Waals surface area contributed by atoms with Crippen molar-refractivity contribution in [1.82, 2.24) is 0 Å². The number of hydrogen-bond acceptors (Lipinski definition) is 1. The Labute approximate surface area is 128 Å². The number of benzene rings is 1. The third kappa shape index (κ3) is 4.29. The van der Waals surface area contributed by atoms with Crippen molar-refractivity contribution in [3.63, 3.8) is 0 Å². The van der Waals surface area contributed by atoms with Gasteiger partial charge in [0, 0.05) is 5.71 Å². The van der Waals surface area contributed by atoms with Crippen LogP contribution in [0.1, 0.15) is 38.7 Å². The summed E-state index contributed by atoms with van der Waals surface area (Å²) in [6.45, 7) is 6.43. The van der Waals surface area contributed by atoms with Gasteiger partial charge in [0.15, 0.2) is 0 Å². The number of allylic oxidation sites excluding steroid dienone is 6. The van der Waals surface area contributed by atoms with Crippen LogP contribution in [0.3, 0.4) is 0 Å². The van der Waals surface area contributed by atoms with E-state index in [-0.39, 0.29) is 0 Å². The molecule has 0 saturated carbocycles. The molecule has 0 saturated heterocycles. The molecule has 0 radical (unpaired) electrons. The Kier molecular flexibility index (Phi) is 5.74. The highest BCUT2D eigenvalue weighted by atomic mass is 14.7. The Balaban J connectivity index is 2.21. The van der Waals surface area contributed by atoms with E-state index in [0.29, 0.717) is 5.92 Å². The second-order valence-corrected chi connectivity index (χ2v) is 5.58. The first-order valence-electron chi connectivity index (χ1n) is 7.85. The van der Waals surface area contributed by atoms with Crippen molar-refractivity contribution < 1.29 is 0 Å². The lowest BCUT2D eigenvalue weighted by molar-refractivity contribution is 0.647. The first-order valence-corrected chi connectivity index (χ1v) is 7.85. The summed E-state index contributed by atoms with van der Waals surface area (Å²) in [5, 5.41) is 0. The molecule has 0 heterocycles. The van der Waals surface area contributed by atoms with Crippen molar-refractivity contribution in [3.8, 4) is 0 Å². The smallest absolute Gasteiger partial charge is 0.0662 e. The summed E-state index contributed by atoms with van der Waals surface area (Å²) >= 11 is 0. The quantitative estimate of drug-likeness (QED) is 0.467. The van der Waals surface area contributed by atoms with Crippen LogP contribution in [0.5, 0.6) is 0 Å². The van der Waals surface area contributed by atoms with E-state index < -0.39 is 0 Å². The maximum atomic E-state index is 4.85. The Morgan fingerprint density at radius 3 is 2.86 bits per heavy atom. The van der Waals surface area contributed by atoms with E-state index in [1.165, 1.54) is 11.1 Å². The van der Waals surface area contributed by atoms with Gasteiger partial charge in [0.1, 0.15) is 0 Å². The highest BCUT2D eigenvalue weighted by molar-refractivity contribution is 6.00. The van der Waals surface area contributed by atoms with Gasteiger partial charge in [-0.2, -0.15) is 0 Å². The molecule has 0 N–H and O–H groups in total. The van der Waals surface area contributed by atoms with Crippen LogP contribution in [0.2, 0.25) is 0 Å². The molecule has 1 aliphatic rings. The van der Waals surface area contributed by atoms with E-state index in [4.69, 9.17) is 4.99 Å². The minimum Gasteiger partial charge on any atom is -0.253 e. The molecule has 1 heteroatoms. The minimum atomic E-state index is 0.561. The molecule has 2 rings (SSSR count). The van der Waals surface area contributed by atoms with Crippen LogP contribution in [-0.2, 0) is 0 Å². The molecule has 110 valence electrons. The normalized spacial score (nSPS) is 19.1. The fourth-order valence-electron chi connectivity index (χ4n) is 2.68. The van der Waals surface area contributed by atoms with Crippen LogP contribution < -0.4 is 0 Å². The third-order valence-electron chi connectivity index (χ3n) is 3.92. The maximum absolute atomic E-state index is 4.85. The summed E-state index contributed by atoms with van der Waals surface area (Å²) in [7, 11) is 0. The van der Waals surface area contributed by atoms with Crippen molar-refractivity contribution >= 4 is 11.4 Å². The van der Waals surface area contributed by atoms with Crippen molar-refractivity contribution in [2.75, 3.05) is 0 Å². The topological polar surface area (TPSA) is 12.4 Å². The molecule has 1 atom stereocenters. The zero-order valence-electron chi connectivity index (χ0n) is 13.3. The first kappa shape index (κ1) is 15.5. The maximum Gasteiger partial charge on any atom is 0.0662 e. The zero-order valence-corrected chi connectivity index (χ0v) is 13.3. The zero-order chi connectivity index (χ0) is 15.1. The molecule has 0 spiro atoms. The summed E-state index contributed by atoms with van der Waals surface area (Å²) in [5.74, 6) is 0.561. The van der Waals surface area contributed by atoms with Crippen molar-refractivity contribution in [3.05, 3.63) is 65.8 Å². The Morgan fingerprint density at radius 1 is 1.29 bits per heavy atom. The fraction of sp³-hybridized carbons (Fsp3) is 0.350. The molecule has 21 heavy (non-hydrogen) atoms. The molecule has 1 nitrogen and oxygen atoms in total. The summed E-state index contributed by atoms with van der Waals surface area (Å²) in [4.78, 5) is 4.85. The third-order valence-corrected chi connectivity index (χ3v) is 3.92. The van der Waals surface area contributed by atoms with Gasteiger partial charge in [0.25, 0.3) is 0 Å². The van der Waals surface area contributed by atoms with E-state index >= 15 is 0 Å². The summed E-state index contributed by atoms with van der Waals surface area (Å²) < 4.78 is 0. The molecule has 1 aromatic carbocycles. The van der Waals surface area contributed by atoms with Crippen molar-refractivity contribution in [1.29, 1.82) is 0 Å². The van der Waals surface area contributed by atoms with Crippen LogP contribution in [0.15, 0.2) is 65.2 Å². The number of hydrogen-bond donors (Lipinski definition) is 0. The van der Waals surface area contributed by atoms with Gasteiger partial charge in [0.2, 0.25) is 0 Å². The Bertz CT molecular complexity index is 588. The highest BCUT2D eigenvalue weighted by Crippen LogP contribution is 2.28. The molecule has 0 aliphatic heterocycles.